The minimum Gasteiger partial charge on any atom is -0.382 e. The van der Waals surface area contributed by atoms with E-state index in [1.165, 1.54) is 8.99 Å². The van der Waals surface area contributed by atoms with E-state index in [4.69, 9.17) is 21.6 Å². The molecule has 11 heteroatoms. The summed E-state index contributed by atoms with van der Waals surface area (Å²) < 4.78 is 34.1. The van der Waals surface area contributed by atoms with E-state index in [-0.39, 0.29) is 22.4 Å². The number of nitriles is 1. The van der Waals surface area contributed by atoms with E-state index in [9.17, 15) is 13.2 Å². The van der Waals surface area contributed by atoms with Gasteiger partial charge in [-0.25, -0.2) is 17.4 Å². The Hall–Kier alpha value is -2.45. The van der Waals surface area contributed by atoms with Crippen molar-refractivity contribution in [1.82, 2.24) is 14.1 Å². The zero-order valence-corrected chi connectivity index (χ0v) is 20.4. The molecule has 4 rings (SSSR count). The number of anilines is 1. The van der Waals surface area contributed by atoms with Gasteiger partial charge in [-0.2, -0.15) is 10.4 Å². The summed E-state index contributed by atoms with van der Waals surface area (Å²) in [6.45, 7) is 2.73. The van der Waals surface area contributed by atoms with Crippen LogP contribution in [0.25, 0.3) is 0 Å². The zero-order chi connectivity index (χ0) is 24.1. The van der Waals surface area contributed by atoms with Crippen molar-refractivity contribution < 1.29 is 13.2 Å². The van der Waals surface area contributed by atoms with Crippen LogP contribution in [0.3, 0.4) is 0 Å². The van der Waals surface area contributed by atoms with E-state index in [0.29, 0.717) is 61.8 Å². The van der Waals surface area contributed by atoms with Gasteiger partial charge in [-0.3, -0.25) is 4.79 Å². The summed E-state index contributed by atoms with van der Waals surface area (Å²) in [5.41, 5.74) is 1.14. The summed E-state index contributed by atoms with van der Waals surface area (Å²) in [4.78, 5) is 12.9. The Labute approximate surface area is 204 Å². The number of halogens is 1. The quantitative estimate of drug-likeness (QED) is 0.614. The maximum Gasteiger partial charge on any atom is 0.287 e. The first kappa shape index (κ1) is 24.7. The number of rotatable bonds is 7. The van der Waals surface area contributed by atoms with Crippen LogP contribution in [0.4, 0.5) is 5.69 Å². The van der Waals surface area contributed by atoms with Crippen molar-refractivity contribution in [2.75, 3.05) is 38.2 Å². The fourth-order valence-electron chi connectivity index (χ4n) is 4.45. The second-order valence-electron chi connectivity index (χ2n) is 8.78. The predicted octanol–water partition coefficient (Wildman–Crippen LogP) is 2.77. The summed E-state index contributed by atoms with van der Waals surface area (Å²) in [5, 5.41) is 16.7. The molecule has 1 atom stereocenters. The molecule has 1 N–H and O–H groups in total. The number of nitrogens with one attached hydrogen (secondary N) is 1. The van der Waals surface area contributed by atoms with Crippen LogP contribution in [0.15, 0.2) is 35.3 Å². The lowest BCUT2D eigenvalue weighted by molar-refractivity contribution is 0.0595. The smallest absolute Gasteiger partial charge is 0.287 e. The highest BCUT2D eigenvalue weighted by Gasteiger charge is 2.30. The SMILES string of the molecule is N#Cc1cccc(CS(=O)(=O)N2CCC(n3ncc(NC[C@H]4CCCOC4)c(Cl)c3=O)CC2)c1. The van der Waals surface area contributed by atoms with Crippen molar-refractivity contribution in [2.45, 2.75) is 37.5 Å². The molecule has 2 aromatic rings. The summed E-state index contributed by atoms with van der Waals surface area (Å²) in [7, 11) is -3.54. The number of sulfonamides is 1. The van der Waals surface area contributed by atoms with Crippen molar-refractivity contribution in [3.63, 3.8) is 0 Å². The average molecular weight is 506 g/mol. The van der Waals surface area contributed by atoms with Gasteiger partial charge in [0.15, 0.2) is 0 Å². The Morgan fingerprint density at radius 1 is 1.26 bits per heavy atom. The lowest BCUT2D eigenvalue weighted by atomic mass is 10.0. The minimum absolute atomic E-state index is 0.0964. The molecule has 2 fully saturated rings. The molecule has 0 saturated carbocycles. The fourth-order valence-corrected chi connectivity index (χ4v) is 6.20. The topological polar surface area (TPSA) is 117 Å². The monoisotopic (exact) mass is 505 g/mol. The highest BCUT2D eigenvalue weighted by atomic mass is 35.5. The zero-order valence-electron chi connectivity index (χ0n) is 18.8. The van der Waals surface area contributed by atoms with Gasteiger partial charge >= 0.3 is 0 Å². The summed E-state index contributed by atoms with van der Waals surface area (Å²) in [6, 6.07) is 8.42. The van der Waals surface area contributed by atoms with Crippen molar-refractivity contribution >= 4 is 27.3 Å². The molecule has 2 aliphatic heterocycles. The van der Waals surface area contributed by atoms with Crippen molar-refractivity contribution in [3.8, 4) is 6.07 Å². The van der Waals surface area contributed by atoms with Crippen LogP contribution < -0.4 is 10.9 Å². The molecule has 9 nitrogen and oxygen atoms in total. The first-order chi connectivity index (χ1) is 16.4. The highest BCUT2D eigenvalue weighted by Crippen LogP contribution is 2.26. The van der Waals surface area contributed by atoms with Gasteiger partial charge in [-0.05, 0) is 49.3 Å². The largest absolute Gasteiger partial charge is 0.382 e. The fraction of sp³-hybridized carbons (Fsp3) is 0.522. The van der Waals surface area contributed by atoms with Gasteiger partial charge in [-0.1, -0.05) is 23.7 Å². The predicted molar refractivity (Wildman–Crippen MR) is 129 cm³/mol. The Bertz CT molecular complexity index is 1210. The Kier molecular flexibility index (Phi) is 7.88. The summed E-state index contributed by atoms with van der Waals surface area (Å²) >= 11 is 6.36. The molecule has 182 valence electrons. The first-order valence-corrected chi connectivity index (χ1v) is 13.4. The number of piperidine rings is 1. The van der Waals surface area contributed by atoms with Gasteiger partial charge in [0, 0.05) is 26.2 Å². The van der Waals surface area contributed by atoms with Crippen LogP contribution in [0, 0.1) is 17.2 Å². The van der Waals surface area contributed by atoms with Crippen molar-refractivity contribution in [3.05, 3.63) is 57.0 Å². The molecule has 0 amide bonds. The molecular formula is C23H28ClN5O4S. The number of hydrogen-bond acceptors (Lipinski definition) is 7. The Morgan fingerprint density at radius 3 is 2.76 bits per heavy atom. The second-order valence-corrected chi connectivity index (χ2v) is 11.1. The van der Waals surface area contributed by atoms with E-state index in [1.807, 2.05) is 6.07 Å². The van der Waals surface area contributed by atoms with Crippen LogP contribution in [0.5, 0.6) is 0 Å². The van der Waals surface area contributed by atoms with Crippen LogP contribution in [0.2, 0.25) is 5.02 Å². The van der Waals surface area contributed by atoms with E-state index in [2.05, 4.69) is 10.4 Å². The number of ether oxygens (including phenoxy) is 1. The molecule has 2 aliphatic rings. The first-order valence-electron chi connectivity index (χ1n) is 11.4. The van der Waals surface area contributed by atoms with E-state index < -0.39 is 10.0 Å². The van der Waals surface area contributed by atoms with Gasteiger partial charge < -0.3 is 10.1 Å². The van der Waals surface area contributed by atoms with E-state index in [0.717, 1.165) is 19.4 Å². The van der Waals surface area contributed by atoms with Crippen molar-refractivity contribution in [1.29, 1.82) is 5.26 Å². The second kappa shape index (κ2) is 10.9. The van der Waals surface area contributed by atoms with Gasteiger partial charge in [0.1, 0.15) is 5.02 Å². The van der Waals surface area contributed by atoms with Crippen LogP contribution in [-0.4, -0.2) is 55.4 Å². The molecule has 0 radical (unpaired) electrons. The van der Waals surface area contributed by atoms with Crippen LogP contribution in [0.1, 0.15) is 42.9 Å². The minimum atomic E-state index is -3.54. The Morgan fingerprint density at radius 2 is 2.06 bits per heavy atom. The standard InChI is InChI=1S/C23H28ClN5O4S/c24-22-21(26-13-19-5-2-10-33-15-19)14-27-29(23(22)30)20-6-8-28(9-7-20)34(31,32)16-18-4-1-3-17(11-18)12-25/h1,3-4,11,14,19-20,26H,2,5-10,13,15-16H2/t19-/m1/s1. The molecule has 1 aromatic carbocycles. The number of nitrogens with zero attached hydrogens (tertiary/aromatic N) is 4. The number of hydrogen-bond donors (Lipinski definition) is 1. The third-order valence-corrected chi connectivity index (χ3v) is 8.56. The van der Waals surface area contributed by atoms with Gasteiger partial charge in [-0.15, -0.1) is 0 Å². The van der Waals surface area contributed by atoms with E-state index >= 15 is 0 Å². The summed E-state index contributed by atoms with van der Waals surface area (Å²) in [6.07, 6.45) is 4.60. The number of aromatic nitrogens is 2. The van der Waals surface area contributed by atoms with E-state index in [1.54, 1.807) is 30.5 Å². The number of benzene rings is 1. The highest BCUT2D eigenvalue weighted by molar-refractivity contribution is 7.88. The molecular weight excluding hydrogens is 478 g/mol. The van der Waals surface area contributed by atoms with Crippen LogP contribution >= 0.6 is 11.6 Å². The lowest BCUT2D eigenvalue weighted by Crippen LogP contribution is -2.42. The van der Waals surface area contributed by atoms with Crippen molar-refractivity contribution in [2.24, 2.45) is 5.92 Å². The molecule has 0 unspecified atom stereocenters. The Balaban J connectivity index is 1.37. The molecule has 2 saturated heterocycles. The van der Waals surface area contributed by atoms with Gasteiger partial charge in [0.25, 0.3) is 5.56 Å². The molecule has 34 heavy (non-hydrogen) atoms. The maximum absolute atomic E-state index is 12.9. The normalized spacial score (nSPS) is 20.1. The molecule has 0 aliphatic carbocycles. The third kappa shape index (κ3) is 5.78. The third-order valence-electron chi connectivity index (χ3n) is 6.35. The van der Waals surface area contributed by atoms with Gasteiger partial charge in [0.2, 0.25) is 10.0 Å². The maximum atomic E-state index is 12.9. The molecule has 3 heterocycles. The van der Waals surface area contributed by atoms with Gasteiger partial charge in [0.05, 0.1) is 41.9 Å². The van der Waals surface area contributed by atoms with Crippen LogP contribution in [-0.2, 0) is 20.5 Å². The lowest BCUT2D eigenvalue weighted by Gasteiger charge is -2.31. The summed E-state index contributed by atoms with van der Waals surface area (Å²) in [5.74, 6) is 0.213. The molecule has 0 spiro atoms. The molecule has 0 bridgehead atoms. The molecule has 1 aromatic heterocycles. The average Bonchev–Trinajstić information content (AvgIpc) is 2.85.